The molecule has 39 heavy (non-hydrogen) atoms. The number of halogens is 2. The van der Waals surface area contributed by atoms with Crippen LogP contribution in [0.1, 0.15) is 47.8 Å². The number of esters is 1. The predicted octanol–water partition coefficient (Wildman–Crippen LogP) is 2.37. The number of ether oxygens (including phenoxy) is 2. The van der Waals surface area contributed by atoms with Gasteiger partial charge < -0.3 is 20.3 Å². The van der Waals surface area contributed by atoms with E-state index in [-0.39, 0.29) is 23.3 Å². The molecule has 0 unspecified atom stereocenters. The zero-order chi connectivity index (χ0) is 29.8. The summed E-state index contributed by atoms with van der Waals surface area (Å²) in [6.07, 6.45) is -4.73. The molecule has 1 aliphatic rings. The predicted molar refractivity (Wildman–Crippen MR) is 143 cm³/mol. The minimum Gasteiger partial charge on any atom is -0.462 e. The first-order chi connectivity index (χ1) is 17.9. The fourth-order valence-corrected chi connectivity index (χ4v) is 5.81. The summed E-state index contributed by atoms with van der Waals surface area (Å²) in [5.74, 6) is -0.751. The van der Waals surface area contributed by atoms with Crippen molar-refractivity contribution >= 4 is 48.0 Å². The van der Waals surface area contributed by atoms with E-state index in [1.807, 2.05) is 0 Å². The molecular weight excluding hydrogens is 582 g/mol. The SMILES string of the molecule is CC(C)OC(=O)[C@H](C)N[P@](=O)(OCCSC(=O)C(C)(C)C)OC[C@H]1O[C@@H](n2ccc(N)nc2=O)[C@@](F)(Cl)[C@@H]1O. The Kier molecular flexibility index (Phi) is 11.5. The van der Waals surface area contributed by atoms with E-state index in [0.717, 1.165) is 18.0 Å². The quantitative estimate of drug-likeness (QED) is 0.135. The third-order valence-electron chi connectivity index (χ3n) is 5.14. The zero-order valence-electron chi connectivity index (χ0n) is 22.5. The van der Waals surface area contributed by atoms with Crippen molar-refractivity contribution in [3.63, 3.8) is 0 Å². The van der Waals surface area contributed by atoms with Crippen molar-refractivity contribution < 1.29 is 42.2 Å². The number of nitrogens with two attached hydrogens (primary N) is 1. The summed E-state index contributed by atoms with van der Waals surface area (Å²) in [6, 6.07) is 0.0527. The summed E-state index contributed by atoms with van der Waals surface area (Å²) in [6.45, 7) is 8.92. The molecule has 13 nitrogen and oxygen atoms in total. The maximum atomic E-state index is 15.3. The van der Waals surface area contributed by atoms with Crippen molar-refractivity contribution in [2.24, 2.45) is 5.41 Å². The number of nitrogens with zero attached hydrogens (tertiary/aromatic N) is 2. The molecule has 0 saturated carbocycles. The molecule has 1 aromatic heterocycles. The second kappa shape index (κ2) is 13.4. The standard InChI is InChI=1S/C22H35ClFN4O9PS/c1-12(2)36-17(30)13(3)27-38(33,34-9-10-39-19(31)21(4,5)6)35-11-14-16(29)22(23,24)18(37-14)28-8-7-15(25)26-20(28)32/h7-8,12-14,16,18,29H,9-11H2,1-6H3,(H,27,33)(H2,25,26,32)/t13-,14+,16+,18+,22+,38-/m0/s1. The molecular formula is C22H35ClFN4O9PS. The maximum absolute atomic E-state index is 15.3. The highest BCUT2D eigenvalue weighted by molar-refractivity contribution is 8.13. The molecule has 0 bridgehead atoms. The van der Waals surface area contributed by atoms with Crippen LogP contribution >= 0.6 is 31.1 Å². The number of rotatable bonds is 12. The minimum atomic E-state index is -4.33. The van der Waals surface area contributed by atoms with E-state index in [0.29, 0.717) is 4.57 Å². The van der Waals surface area contributed by atoms with Gasteiger partial charge >= 0.3 is 19.4 Å². The number of nitrogens with one attached hydrogen (secondary N) is 1. The second-order valence-corrected chi connectivity index (χ2v) is 13.5. The molecule has 222 valence electrons. The van der Waals surface area contributed by atoms with Gasteiger partial charge in [-0.2, -0.15) is 4.98 Å². The van der Waals surface area contributed by atoms with Crippen LogP contribution in [0.15, 0.2) is 17.1 Å². The summed E-state index contributed by atoms with van der Waals surface area (Å²) < 4.78 is 50.8. The largest absolute Gasteiger partial charge is 0.462 e. The Morgan fingerprint density at radius 1 is 1.38 bits per heavy atom. The number of aromatic nitrogens is 2. The lowest BCUT2D eigenvalue weighted by molar-refractivity contribution is -0.149. The molecule has 17 heteroatoms. The summed E-state index contributed by atoms with van der Waals surface area (Å²) in [4.78, 5) is 40.1. The van der Waals surface area contributed by atoms with Crippen LogP contribution in [-0.2, 0) is 32.7 Å². The molecule has 1 saturated heterocycles. The summed E-state index contributed by atoms with van der Waals surface area (Å²) >= 11 is 6.85. The Morgan fingerprint density at radius 2 is 2.03 bits per heavy atom. The van der Waals surface area contributed by atoms with Gasteiger partial charge in [0, 0.05) is 17.4 Å². The Bertz CT molecular complexity index is 1130. The van der Waals surface area contributed by atoms with Crippen molar-refractivity contribution in [2.45, 2.75) is 77.3 Å². The first-order valence-electron chi connectivity index (χ1n) is 12.0. The topological polar surface area (TPSA) is 181 Å². The molecule has 1 aromatic rings. The highest BCUT2D eigenvalue weighted by Crippen LogP contribution is 2.48. The van der Waals surface area contributed by atoms with E-state index >= 15 is 4.39 Å². The van der Waals surface area contributed by atoms with Crippen LogP contribution in [0.4, 0.5) is 10.2 Å². The van der Waals surface area contributed by atoms with Crippen LogP contribution < -0.4 is 16.5 Å². The maximum Gasteiger partial charge on any atom is 0.406 e. The van der Waals surface area contributed by atoms with E-state index in [2.05, 4.69) is 10.1 Å². The monoisotopic (exact) mass is 616 g/mol. The lowest BCUT2D eigenvalue weighted by atomic mass is 10.00. The third-order valence-corrected chi connectivity index (χ3v) is 8.51. The molecule has 6 atom stereocenters. The van der Waals surface area contributed by atoms with E-state index in [4.69, 9.17) is 35.9 Å². The van der Waals surface area contributed by atoms with Gasteiger partial charge in [-0.05, 0) is 26.8 Å². The van der Waals surface area contributed by atoms with Gasteiger partial charge in [0.2, 0.25) is 0 Å². The molecule has 4 N–H and O–H groups in total. The normalized spacial score (nSPS) is 25.8. The van der Waals surface area contributed by atoms with Crippen molar-refractivity contribution in [1.82, 2.24) is 14.6 Å². The average Bonchev–Trinajstić information content (AvgIpc) is 3.03. The number of anilines is 1. The Labute approximate surface area is 234 Å². The lowest BCUT2D eigenvalue weighted by Gasteiger charge is -2.25. The van der Waals surface area contributed by atoms with E-state index in [1.54, 1.807) is 34.6 Å². The van der Waals surface area contributed by atoms with Crippen LogP contribution in [0.25, 0.3) is 0 Å². The van der Waals surface area contributed by atoms with Crippen LogP contribution in [0.2, 0.25) is 0 Å². The summed E-state index contributed by atoms with van der Waals surface area (Å²) in [7, 11) is -4.33. The van der Waals surface area contributed by atoms with Crippen LogP contribution in [-0.4, -0.2) is 74.2 Å². The van der Waals surface area contributed by atoms with Crippen LogP contribution in [0.5, 0.6) is 0 Å². The zero-order valence-corrected chi connectivity index (χ0v) is 24.9. The van der Waals surface area contributed by atoms with Crippen molar-refractivity contribution in [3.05, 3.63) is 22.7 Å². The van der Waals surface area contributed by atoms with Gasteiger partial charge in [-0.1, -0.05) is 44.1 Å². The minimum absolute atomic E-state index is 0.114. The first-order valence-corrected chi connectivity index (χ1v) is 14.9. The van der Waals surface area contributed by atoms with E-state index < -0.39 is 67.1 Å². The van der Waals surface area contributed by atoms with Gasteiger partial charge in [-0.15, -0.1) is 0 Å². The van der Waals surface area contributed by atoms with Crippen molar-refractivity contribution in [3.8, 4) is 0 Å². The highest BCUT2D eigenvalue weighted by atomic mass is 35.5. The fraction of sp³-hybridized carbons (Fsp3) is 0.727. The highest BCUT2D eigenvalue weighted by Gasteiger charge is 2.58. The molecule has 2 rings (SSSR count). The van der Waals surface area contributed by atoms with E-state index in [1.165, 1.54) is 13.0 Å². The van der Waals surface area contributed by atoms with Gasteiger partial charge in [0.05, 0.1) is 19.3 Å². The molecule has 2 heterocycles. The molecule has 0 aromatic carbocycles. The van der Waals surface area contributed by atoms with Gasteiger partial charge in [0.25, 0.3) is 5.13 Å². The third kappa shape index (κ3) is 9.22. The number of alkyl halides is 2. The Morgan fingerprint density at radius 3 is 2.59 bits per heavy atom. The van der Waals surface area contributed by atoms with Gasteiger partial charge in [0.1, 0.15) is 24.1 Å². The molecule has 0 aliphatic carbocycles. The summed E-state index contributed by atoms with van der Waals surface area (Å²) in [5.41, 5.74) is 3.87. The second-order valence-electron chi connectivity index (χ2n) is 10.0. The molecule has 0 radical (unpaired) electrons. The molecule has 0 amide bonds. The average molecular weight is 617 g/mol. The van der Waals surface area contributed by atoms with Crippen molar-refractivity contribution in [1.29, 1.82) is 0 Å². The van der Waals surface area contributed by atoms with Crippen LogP contribution in [0.3, 0.4) is 0 Å². The first kappa shape index (κ1) is 33.6. The van der Waals surface area contributed by atoms with Gasteiger partial charge in [-0.3, -0.25) is 23.2 Å². The summed E-state index contributed by atoms with van der Waals surface area (Å²) in [5, 5.41) is 9.79. The number of aliphatic hydroxyl groups excluding tert-OH is 1. The number of hydrogen-bond donors (Lipinski definition) is 3. The Hall–Kier alpha value is -1.58. The molecule has 1 fully saturated rings. The van der Waals surface area contributed by atoms with Crippen molar-refractivity contribution in [2.75, 3.05) is 24.7 Å². The Balaban J connectivity index is 2.16. The molecule has 1 aliphatic heterocycles. The van der Waals surface area contributed by atoms with Gasteiger partial charge in [0.15, 0.2) is 11.3 Å². The fourth-order valence-electron chi connectivity index (χ4n) is 3.13. The molecule has 0 spiro atoms. The van der Waals surface area contributed by atoms with Gasteiger partial charge in [-0.25, -0.2) is 18.8 Å². The number of hydrogen-bond acceptors (Lipinski definition) is 12. The number of nitrogen functional groups attached to an aromatic ring is 1. The number of carbonyl (C=O) groups excluding carboxylic acids is 2. The number of carbonyl (C=O) groups is 2. The number of aliphatic hydroxyl groups is 1. The van der Waals surface area contributed by atoms with E-state index in [9.17, 15) is 24.1 Å². The smallest absolute Gasteiger partial charge is 0.406 e. The lowest BCUT2D eigenvalue weighted by Crippen LogP contribution is -2.41. The van der Waals surface area contributed by atoms with Crippen LogP contribution in [0, 0.1) is 5.41 Å². The number of thioether (sulfide) groups is 1.